The zero-order chi connectivity index (χ0) is 11.8. The molecule has 0 saturated heterocycles. The molecule has 16 heavy (non-hydrogen) atoms. The lowest BCUT2D eigenvalue weighted by Crippen LogP contribution is -2.10. The van der Waals surface area contributed by atoms with E-state index >= 15 is 0 Å². The van der Waals surface area contributed by atoms with Crippen LogP contribution in [0.3, 0.4) is 0 Å². The van der Waals surface area contributed by atoms with Crippen molar-refractivity contribution in [1.82, 2.24) is 0 Å². The lowest BCUT2D eigenvalue weighted by molar-refractivity contribution is -0.119. The molecule has 2 heteroatoms. The van der Waals surface area contributed by atoms with Crippen molar-refractivity contribution in [3.63, 3.8) is 0 Å². The fourth-order valence-electron chi connectivity index (χ4n) is 1.72. The first-order valence-corrected chi connectivity index (χ1v) is 5.96. The summed E-state index contributed by atoms with van der Waals surface area (Å²) in [6.45, 7) is 2.04. The zero-order valence-electron chi connectivity index (χ0n) is 9.86. The van der Waals surface area contributed by atoms with Crippen LogP contribution in [-0.4, -0.2) is 17.0 Å². The van der Waals surface area contributed by atoms with Gasteiger partial charge in [-0.15, -0.1) is 0 Å². The minimum Gasteiger partial charge on any atom is -0.393 e. The van der Waals surface area contributed by atoms with Crippen LogP contribution in [0.4, 0.5) is 0 Å². The molecule has 0 amide bonds. The van der Waals surface area contributed by atoms with Crippen LogP contribution in [0.1, 0.15) is 38.2 Å². The number of hydrogen-bond acceptors (Lipinski definition) is 2. The first-order chi connectivity index (χ1) is 7.72. The van der Waals surface area contributed by atoms with E-state index in [-0.39, 0.29) is 11.9 Å². The van der Waals surface area contributed by atoms with E-state index < -0.39 is 0 Å². The van der Waals surface area contributed by atoms with Crippen molar-refractivity contribution in [2.24, 2.45) is 0 Å². The molecule has 1 aromatic rings. The van der Waals surface area contributed by atoms with Gasteiger partial charge in [-0.3, -0.25) is 4.79 Å². The third-order valence-corrected chi connectivity index (χ3v) is 2.62. The van der Waals surface area contributed by atoms with Crippen LogP contribution in [0.15, 0.2) is 30.3 Å². The van der Waals surface area contributed by atoms with Crippen LogP contribution in [-0.2, 0) is 11.2 Å². The Morgan fingerprint density at radius 3 is 2.56 bits per heavy atom. The van der Waals surface area contributed by atoms with Crippen molar-refractivity contribution in [2.45, 2.75) is 45.1 Å². The number of carbonyl (C=O) groups is 1. The highest BCUT2D eigenvalue weighted by Gasteiger charge is 2.07. The second kappa shape index (κ2) is 7.18. The highest BCUT2D eigenvalue weighted by Crippen LogP contribution is 2.08. The first-order valence-electron chi connectivity index (χ1n) is 5.96. The Hall–Kier alpha value is -1.15. The molecule has 0 aliphatic heterocycles. The van der Waals surface area contributed by atoms with Gasteiger partial charge in [-0.2, -0.15) is 0 Å². The van der Waals surface area contributed by atoms with E-state index in [1.54, 1.807) is 0 Å². The van der Waals surface area contributed by atoms with Gasteiger partial charge < -0.3 is 5.11 Å². The fraction of sp³-hybridized carbons (Fsp3) is 0.500. The van der Waals surface area contributed by atoms with Crippen LogP contribution in [0, 0.1) is 0 Å². The maximum Gasteiger partial charge on any atom is 0.137 e. The Bertz CT molecular complexity index is 306. The maximum atomic E-state index is 11.6. The Labute approximate surface area is 97.3 Å². The van der Waals surface area contributed by atoms with Gasteiger partial charge in [-0.25, -0.2) is 0 Å². The maximum absolute atomic E-state index is 11.6. The number of benzene rings is 1. The van der Waals surface area contributed by atoms with Gasteiger partial charge in [0.15, 0.2) is 0 Å². The Kier molecular flexibility index (Phi) is 5.79. The molecule has 0 heterocycles. The largest absolute Gasteiger partial charge is 0.393 e. The molecule has 1 aromatic carbocycles. The summed E-state index contributed by atoms with van der Waals surface area (Å²) in [6.07, 6.45) is 3.01. The fourth-order valence-corrected chi connectivity index (χ4v) is 1.72. The highest BCUT2D eigenvalue weighted by molar-refractivity contribution is 5.80. The van der Waals surface area contributed by atoms with E-state index in [1.807, 2.05) is 37.3 Å². The molecule has 1 rings (SSSR count). The SMILES string of the molecule is CCCC(O)CCC(=O)Cc1ccccc1. The summed E-state index contributed by atoms with van der Waals surface area (Å²) >= 11 is 0. The lowest BCUT2D eigenvalue weighted by Gasteiger charge is -2.07. The molecule has 1 N–H and O–H groups in total. The summed E-state index contributed by atoms with van der Waals surface area (Å²) in [7, 11) is 0. The monoisotopic (exact) mass is 220 g/mol. The van der Waals surface area contributed by atoms with Gasteiger partial charge in [0.05, 0.1) is 6.10 Å². The van der Waals surface area contributed by atoms with Crippen LogP contribution in [0.25, 0.3) is 0 Å². The Morgan fingerprint density at radius 1 is 1.25 bits per heavy atom. The number of rotatable bonds is 7. The van der Waals surface area contributed by atoms with Crippen LogP contribution in [0.5, 0.6) is 0 Å². The molecule has 0 aromatic heterocycles. The molecule has 0 radical (unpaired) electrons. The average Bonchev–Trinajstić information content (AvgIpc) is 2.28. The highest BCUT2D eigenvalue weighted by atomic mass is 16.3. The molecule has 88 valence electrons. The van der Waals surface area contributed by atoms with Crippen molar-refractivity contribution in [2.75, 3.05) is 0 Å². The molecule has 0 spiro atoms. The molecule has 0 fully saturated rings. The summed E-state index contributed by atoms with van der Waals surface area (Å²) in [5.74, 6) is 0.210. The van der Waals surface area contributed by atoms with Crippen molar-refractivity contribution in [3.8, 4) is 0 Å². The minimum absolute atomic E-state index is 0.210. The summed E-state index contributed by atoms with van der Waals surface area (Å²) in [6, 6.07) is 9.74. The molecule has 1 unspecified atom stereocenters. The van der Waals surface area contributed by atoms with Crippen LogP contribution in [0.2, 0.25) is 0 Å². The molecular weight excluding hydrogens is 200 g/mol. The first kappa shape index (κ1) is 12.9. The van der Waals surface area contributed by atoms with Gasteiger partial charge >= 0.3 is 0 Å². The van der Waals surface area contributed by atoms with Gasteiger partial charge in [0.25, 0.3) is 0 Å². The summed E-state index contributed by atoms with van der Waals surface area (Å²) in [4.78, 5) is 11.6. The second-order valence-corrected chi connectivity index (χ2v) is 4.18. The van der Waals surface area contributed by atoms with E-state index in [0.717, 1.165) is 18.4 Å². The van der Waals surface area contributed by atoms with Crippen molar-refractivity contribution in [3.05, 3.63) is 35.9 Å². The third-order valence-electron chi connectivity index (χ3n) is 2.62. The predicted octanol–water partition coefficient (Wildman–Crippen LogP) is 2.74. The molecule has 1 atom stereocenters. The number of aliphatic hydroxyl groups is 1. The van der Waals surface area contributed by atoms with Gasteiger partial charge in [-0.05, 0) is 18.4 Å². The molecule has 2 nitrogen and oxygen atoms in total. The van der Waals surface area contributed by atoms with Gasteiger partial charge in [-0.1, -0.05) is 43.7 Å². The van der Waals surface area contributed by atoms with E-state index in [2.05, 4.69) is 0 Å². The van der Waals surface area contributed by atoms with Gasteiger partial charge in [0.2, 0.25) is 0 Å². The molecule has 0 aliphatic carbocycles. The average molecular weight is 220 g/mol. The molecule has 0 aliphatic rings. The number of Topliss-reactive ketones (excluding diaryl/α,β-unsaturated/α-hetero) is 1. The standard InChI is InChI=1S/C14H20O2/c1-2-6-13(15)9-10-14(16)11-12-7-4-3-5-8-12/h3-5,7-8,13,15H,2,6,9-11H2,1H3. The summed E-state index contributed by atoms with van der Waals surface area (Å²) in [5, 5.41) is 9.51. The van der Waals surface area contributed by atoms with Crippen LogP contribution >= 0.6 is 0 Å². The summed E-state index contributed by atoms with van der Waals surface area (Å²) < 4.78 is 0. The topological polar surface area (TPSA) is 37.3 Å². The quantitative estimate of drug-likeness (QED) is 0.767. The Morgan fingerprint density at radius 2 is 1.94 bits per heavy atom. The predicted molar refractivity (Wildman–Crippen MR) is 65.3 cm³/mol. The molecular formula is C14H20O2. The normalized spacial score (nSPS) is 12.4. The second-order valence-electron chi connectivity index (χ2n) is 4.18. The van der Waals surface area contributed by atoms with Crippen molar-refractivity contribution >= 4 is 5.78 Å². The number of carbonyl (C=O) groups excluding carboxylic acids is 1. The lowest BCUT2D eigenvalue weighted by atomic mass is 10.0. The van der Waals surface area contributed by atoms with Crippen LogP contribution < -0.4 is 0 Å². The van der Waals surface area contributed by atoms with Gasteiger partial charge in [0, 0.05) is 12.8 Å². The molecule has 0 saturated carbocycles. The molecule has 0 bridgehead atoms. The van der Waals surface area contributed by atoms with E-state index in [0.29, 0.717) is 19.3 Å². The number of aliphatic hydroxyl groups excluding tert-OH is 1. The summed E-state index contributed by atoms with van der Waals surface area (Å²) in [5.41, 5.74) is 1.05. The van der Waals surface area contributed by atoms with E-state index in [4.69, 9.17) is 0 Å². The number of hydrogen-bond donors (Lipinski definition) is 1. The number of ketones is 1. The third kappa shape index (κ3) is 5.08. The smallest absolute Gasteiger partial charge is 0.137 e. The van der Waals surface area contributed by atoms with E-state index in [9.17, 15) is 9.90 Å². The van der Waals surface area contributed by atoms with Crippen molar-refractivity contribution in [1.29, 1.82) is 0 Å². The Balaban J connectivity index is 2.26. The zero-order valence-corrected chi connectivity index (χ0v) is 9.86. The van der Waals surface area contributed by atoms with E-state index in [1.165, 1.54) is 0 Å². The van der Waals surface area contributed by atoms with Gasteiger partial charge in [0.1, 0.15) is 5.78 Å². The van der Waals surface area contributed by atoms with Crippen molar-refractivity contribution < 1.29 is 9.90 Å². The minimum atomic E-state index is -0.315.